The van der Waals surface area contributed by atoms with Crippen molar-refractivity contribution in [2.24, 2.45) is 0 Å². The van der Waals surface area contributed by atoms with Crippen LogP contribution in [0.15, 0.2) is 24.3 Å². The van der Waals surface area contributed by atoms with Crippen molar-refractivity contribution < 1.29 is 9.53 Å². The Balaban J connectivity index is 0.00000441. The van der Waals surface area contributed by atoms with Crippen LogP contribution in [0.1, 0.15) is 33.3 Å². The van der Waals surface area contributed by atoms with Crippen molar-refractivity contribution in [2.45, 2.75) is 39.2 Å². The lowest BCUT2D eigenvalue weighted by molar-refractivity contribution is -0.136. The van der Waals surface area contributed by atoms with Crippen molar-refractivity contribution >= 4 is 18.3 Å². The van der Waals surface area contributed by atoms with Gasteiger partial charge in [-0.1, -0.05) is 32.9 Å². The molecule has 4 nitrogen and oxygen atoms in total. The molecule has 0 aliphatic carbocycles. The fourth-order valence-corrected chi connectivity index (χ4v) is 1.99. The summed E-state index contributed by atoms with van der Waals surface area (Å²) in [5.74, 6) is 0.733. The first kappa shape index (κ1) is 20.7. The third kappa shape index (κ3) is 6.24. The number of nitrogens with one attached hydrogen (secondary N) is 1. The van der Waals surface area contributed by atoms with E-state index in [0.717, 1.165) is 12.3 Å². The zero-order chi connectivity index (χ0) is 16.0. The van der Waals surface area contributed by atoms with Crippen LogP contribution in [0.25, 0.3) is 0 Å². The van der Waals surface area contributed by atoms with Crippen molar-refractivity contribution in [3.63, 3.8) is 0 Å². The third-order valence-corrected chi connectivity index (χ3v) is 3.43. The van der Waals surface area contributed by atoms with Crippen LogP contribution in [0.2, 0.25) is 0 Å². The van der Waals surface area contributed by atoms with Crippen LogP contribution in [0.5, 0.6) is 5.75 Å². The Kier molecular flexibility index (Phi) is 8.49. The average Bonchev–Trinajstić information content (AvgIpc) is 2.43. The van der Waals surface area contributed by atoms with Gasteiger partial charge >= 0.3 is 0 Å². The lowest BCUT2D eigenvalue weighted by Crippen LogP contribution is -2.40. The van der Waals surface area contributed by atoms with E-state index in [1.54, 1.807) is 18.9 Å². The lowest BCUT2D eigenvalue weighted by Gasteiger charge is -2.23. The fourth-order valence-electron chi connectivity index (χ4n) is 1.99. The van der Waals surface area contributed by atoms with Crippen LogP contribution in [0, 0.1) is 0 Å². The standard InChI is InChI=1S/C17H28N2O2.ClH/c1-13(16(20)19(6)11-10-18-5)21-15-9-7-8-14(12-15)17(2,3)4;/h7-9,12-13,18H,10-11H2,1-6H3;1H. The number of carbonyl (C=O) groups excluding carboxylic acids is 1. The number of likely N-dealkylation sites (N-methyl/N-ethyl adjacent to an activating group) is 2. The third-order valence-electron chi connectivity index (χ3n) is 3.43. The van der Waals surface area contributed by atoms with Crippen molar-refractivity contribution in [1.82, 2.24) is 10.2 Å². The molecule has 1 N–H and O–H groups in total. The molecule has 1 aromatic carbocycles. The monoisotopic (exact) mass is 328 g/mol. The molecule has 0 spiro atoms. The molecule has 0 radical (unpaired) electrons. The van der Waals surface area contributed by atoms with Crippen LogP contribution in [-0.4, -0.2) is 44.1 Å². The second-order valence-electron chi connectivity index (χ2n) is 6.40. The Bertz CT molecular complexity index is 472. The zero-order valence-electron chi connectivity index (χ0n) is 14.5. The second-order valence-corrected chi connectivity index (χ2v) is 6.40. The van der Waals surface area contributed by atoms with E-state index in [9.17, 15) is 4.79 Å². The minimum atomic E-state index is -0.484. The van der Waals surface area contributed by atoms with Gasteiger partial charge < -0.3 is 15.0 Å². The highest BCUT2D eigenvalue weighted by Gasteiger charge is 2.20. The average molecular weight is 329 g/mol. The van der Waals surface area contributed by atoms with E-state index in [2.05, 4.69) is 32.2 Å². The highest BCUT2D eigenvalue weighted by Crippen LogP contribution is 2.26. The van der Waals surface area contributed by atoms with E-state index in [4.69, 9.17) is 4.74 Å². The summed E-state index contributed by atoms with van der Waals surface area (Å²) in [6.07, 6.45) is -0.484. The number of benzene rings is 1. The molecule has 0 aromatic heterocycles. The maximum Gasteiger partial charge on any atom is 0.263 e. The van der Waals surface area contributed by atoms with Gasteiger partial charge in [-0.05, 0) is 37.1 Å². The van der Waals surface area contributed by atoms with Crippen molar-refractivity contribution in [2.75, 3.05) is 27.2 Å². The van der Waals surface area contributed by atoms with E-state index in [0.29, 0.717) is 6.54 Å². The van der Waals surface area contributed by atoms with E-state index >= 15 is 0 Å². The van der Waals surface area contributed by atoms with Gasteiger partial charge in [0, 0.05) is 20.1 Å². The maximum absolute atomic E-state index is 12.2. The van der Waals surface area contributed by atoms with Crippen molar-refractivity contribution in [1.29, 1.82) is 0 Å². The van der Waals surface area contributed by atoms with Gasteiger partial charge in [0.2, 0.25) is 0 Å². The molecule has 5 heteroatoms. The van der Waals surface area contributed by atoms with Crippen LogP contribution in [-0.2, 0) is 10.2 Å². The SMILES string of the molecule is CNCCN(C)C(=O)C(C)Oc1cccc(C(C)(C)C)c1.Cl. The molecule has 0 aliphatic heterocycles. The molecule has 0 saturated carbocycles. The molecule has 1 aromatic rings. The Morgan fingerprint density at radius 3 is 2.55 bits per heavy atom. The molecule has 0 fully saturated rings. The molecule has 1 rings (SSSR count). The highest BCUT2D eigenvalue weighted by molar-refractivity contribution is 5.85. The van der Waals surface area contributed by atoms with Gasteiger partial charge in [-0.3, -0.25) is 4.79 Å². The minimum Gasteiger partial charge on any atom is -0.481 e. The minimum absolute atomic E-state index is 0. The van der Waals surface area contributed by atoms with Crippen molar-refractivity contribution in [3.8, 4) is 5.75 Å². The van der Waals surface area contributed by atoms with Crippen LogP contribution in [0.4, 0.5) is 0 Å². The number of halogens is 1. The first-order valence-corrected chi connectivity index (χ1v) is 7.42. The first-order valence-electron chi connectivity index (χ1n) is 7.42. The van der Waals surface area contributed by atoms with E-state index in [1.807, 2.05) is 25.2 Å². The van der Waals surface area contributed by atoms with E-state index in [1.165, 1.54) is 5.56 Å². The number of amides is 1. The molecule has 22 heavy (non-hydrogen) atoms. The fraction of sp³-hybridized carbons (Fsp3) is 0.588. The van der Waals surface area contributed by atoms with Gasteiger partial charge in [-0.2, -0.15) is 0 Å². The normalized spacial score (nSPS) is 12.3. The van der Waals surface area contributed by atoms with Gasteiger partial charge in [0.15, 0.2) is 6.10 Å². The van der Waals surface area contributed by atoms with E-state index in [-0.39, 0.29) is 23.7 Å². The van der Waals surface area contributed by atoms with Gasteiger partial charge in [0.25, 0.3) is 5.91 Å². The van der Waals surface area contributed by atoms with Crippen LogP contribution >= 0.6 is 12.4 Å². The molecular formula is C17H29ClN2O2. The van der Waals surface area contributed by atoms with Gasteiger partial charge in [0.1, 0.15) is 5.75 Å². The van der Waals surface area contributed by atoms with Crippen LogP contribution in [0.3, 0.4) is 0 Å². The predicted octanol–water partition coefficient (Wildman–Crippen LogP) is 2.85. The molecule has 1 amide bonds. The summed E-state index contributed by atoms with van der Waals surface area (Å²) in [4.78, 5) is 13.9. The summed E-state index contributed by atoms with van der Waals surface area (Å²) in [7, 11) is 3.67. The summed E-state index contributed by atoms with van der Waals surface area (Å²) in [5.41, 5.74) is 1.26. The Morgan fingerprint density at radius 1 is 1.36 bits per heavy atom. The number of carbonyl (C=O) groups is 1. The summed E-state index contributed by atoms with van der Waals surface area (Å²) < 4.78 is 5.80. The number of rotatable bonds is 6. The second kappa shape index (κ2) is 9.01. The number of hydrogen-bond acceptors (Lipinski definition) is 3. The van der Waals surface area contributed by atoms with Gasteiger partial charge in [0.05, 0.1) is 0 Å². The molecule has 0 heterocycles. The molecule has 126 valence electrons. The molecule has 1 unspecified atom stereocenters. The maximum atomic E-state index is 12.2. The van der Waals surface area contributed by atoms with Gasteiger partial charge in [-0.15, -0.1) is 12.4 Å². The number of ether oxygens (including phenoxy) is 1. The highest BCUT2D eigenvalue weighted by atomic mass is 35.5. The Hall–Kier alpha value is -1.26. The molecule has 0 aliphatic rings. The molecule has 0 bridgehead atoms. The van der Waals surface area contributed by atoms with E-state index < -0.39 is 6.10 Å². The van der Waals surface area contributed by atoms with Gasteiger partial charge in [-0.25, -0.2) is 0 Å². The first-order chi connectivity index (χ1) is 9.75. The summed E-state index contributed by atoms with van der Waals surface area (Å²) in [5, 5.41) is 3.03. The van der Waals surface area contributed by atoms with Crippen LogP contribution < -0.4 is 10.1 Å². The molecule has 0 saturated heterocycles. The smallest absolute Gasteiger partial charge is 0.263 e. The molecule has 1 atom stereocenters. The predicted molar refractivity (Wildman–Crippen MR) is 94.0 cm³/mol. The lowest BCUT2D eigenvalue weighted by atomic mass is 9.87. The number of nitrogens with zero attached hydrogens (tertiary/aromatic N) is 1. The Labute approximate surface area is 140 Å². The summed E-state index contributed by atoms with van der Waals surface area (Å²) in [6, 6.07) is 7.96. The number of hydrogen-bond donors (Lipinski definition) is 1. The Morgan fingerprint density at radius 2 is 2.00 bits per heavy atom. The van der Waals surface area contributed by atoms with Crippen molar-refractivity contribution in [3.05, 3.63) is 29.8 Å². The zero-order valence-corrected chi connectivity index (χ0v) is 15.3. The molecular weight excluding hydrogens is 300 g/mol. The largest absolute Gasteiger partial charge is 0.481 e. The summed E-state index contributed by atoms with van der Waals surface area (Å²) >= 11 is 0. The quantitative estimate of drug-likeness (QED) is 0.873. The topological polar surface area (TPSA) is 41.6 Å². The summed E-state index contributed by atoms with van der Waals surface area (Å²) in [6.45, 7) is 9.71.